The molecule has 1 unspecified atom stereocenters. The Balaban J connectivity index is 2.59. The second-order valence-electron chi connectivity index (χ2n) is 4.93. The molecular formula is C14H18ClFN2O2. The van der Waals surface area contributed by atoms with Gasteiger partial charge in [0.05, 0.1) is 11.6 Å². The van der Waals surface area contributed by atoms with Gasteiger partial charge in [-0.2, -0.15) is 0 Å². The van der Waals surface area contributed by atoms with Crippen LogP contribution < -0.4 is 15.8 Å². The van der Waals surface area contributed by atoms with Gasteiger partial charge in [0.15, 0.2) is 0 Å². The summed E-state index contributed by atoms with van der Waals surface area (Å²) in [4.78, 5) is 11.4. The number of nitrogens with two attached hydrogens (primary N) is 1. The highest BCUT2D eigenvalue weighted by molar-refractivity contribution is 6.31. The molecule has 1 fully saturated rings. The molecule has 1 aromatic carbocycles. The number of amides is 1. The minimum absolute atomic E-state index is 0.00935. The summed E-state index contributed by atoms with van der Waals surface area (Å²) in [5.41, 5.74) is 6.93. The van der Waals surface area contributed by atoms with E-state index in [4.69, 9.17) is 22.1 Å². The Morgan fingerprint density at radius 2 is 2.35 bits per heavy atom. The van der Waals surface area contributed by atoms with Crippen molar-refractivity contribution in [1.29, 1.82) is 0 Å². The highest BCUT2D eigenvalue weighted by atomic mass is 35.5. The summed E-state index contributed by atoms with van der Waals surface area (Å²) in [5, 5.41) is 2.71. The van der Waals surface area contributed by atoms with E-state index >= 15 is 0 Å². The van der Waals surface area contributed by atoms with E-state index in [-0.39, 0.29) is 29.3 Å². The van der Waals surface area contributed by atoms with E-state index in [1.54, 1.807) is 6.92 Å². The number of halogens is 2. The highest BCUT2D eigenvalue weighted by Gasteiger charge is 2.31. The maximum Gasteiger partial charge on any atom is 0.220 e. The molecule has 1 saturated heterocycles. The van der Waals surface area contributed by atoms with Gasteiger partial charge in [-0.15, -0.1) is 0 Å². The number of hydrogen-bond acceptors (Lipinski definition) is 3. The summed E-state index contributed by atoms with van der Waals surface area (Å²) < 4.78 is 20.0. The Morgan fingerprint density at radius 3 is 2.85 bits per heavy atom. The van der Waals surface area contributed by atoms with Gasteiger partial charge >= 0.3 is 0 Å². The molecule has 1 heterocycles. The Kier molecular flexibility index (Phi) is 4.50. The normalized spacial score (nSPS) is 19.9. The van der Waals surface area contributed by atoms with Gasteiger partial charge in [-0.05, 0) is 19.9 Å². The largest absolute Gasteiger partial charge is 0.493 e. The van der Waals surface area contributed by atoms with E-state index in [0.717, 1.165) is 0 Å². The predicted molar refractivity (Wildman–Crippen MR) is 75.5 cm³/mol. The zero-order chi connectivity index (χ0) is 14.9. The number of rotatable bonds is 4. The molecule has 1 aliphatic heterocycles. The molecule has 0 saturated carbocycles. The van der Waals surface area contributed by atoms with Crippen molar-refractivity contribution in [3.05, 3.63) is 28.0 Å². The summed E-state index contributed by atoms with van der Waals surface area (Å²) in [6.07, 6.45) is 0.232. The van der Waals surface area contributed by atoms with Crippen LogP contribution in [-0.4, -0.2) is 19.1 Å². The van der Waals surface area contributed by atoms with Crippen molar-refractivity contribution in [2.24, 2.45) is 5.73 Å². The van der Waals surface area contributed by atoms with E-state index in [2.05, 4.69) is 5.32 Å². The number of ether oxygens (including phenoxy) is 1. The van der Waals surface area contributed by atoms with Gasteiger partial charge in [-0.3, -0.25) is 4.79 Å². The molecule has 6 heteroatoms. The van der Waals surface area contributed by atoms with Gasteiger partial charge in [0, 0.05) is 36.1 Å². The van der Waals surface area contributed by atoms with E-state index < -0.39 is 5.82 Å². The van der Waals surface area contributed by atoms with Gasteiger partial charge in [-0.25, -0.2) is 4.39 Å². The standard InChI is InChI=1S/C14H18ClFN2O2/c1-3-20-14-9(7(2)17)5-10(15)13(16)12(14)8-4-11(19)18-6-8/h5,7-8H,3-4,6,17H2,1-2H3,(H,18,19)/t7?,8-/m0/s1. The second kappa shape index (κ2) is 5.97. The molecule has 1 amide bonds. The summed E-state index contributed by atoms with van der Waals surface area (Å²) in [6, 6.07) is 1.17. The topological polar surface area (TPSA) is 64.3 Å². The Hall–Kier alpha value is -1.33. The van der Waals surface area contributed by atoms with Crippen molar-refractivity contribution in [1.82, 2.24) is 5.32 Å². The molecule has 110 valence electrons. The van der Waals surface area contributed by atoms with Crippen LogP contribution in [0.15, 0.2) is 6.07 Å². The fourth-order valence-corrected chi connectivity index (χ4v) is 2.69. The third-order valence-corrected chi connectivity index (χ3v) is 3.68. The van der Waals surface area contributed by atoms with E-state index in [1.165, 1.54) is 6.07 Å². The lowest BCUT2D eigenvalue weighted by atomic mass is 9.92. The summed E-state index contributed by atoms with van der Waals surface area (Å²) in [7, 11) is 0. The maximum absolute atomic E-state index is 14.4. The van der Waals surface area contributed by atoms with Crippen molar-refractivity contribution >= 4 is 17.5 Å². The van der Waals surface area contributed by atoms with E-state index in [0.29, 0.717) is 30.0 Å². The molecule has 3 N–H and O–H groups in total. The van der Waals surface area contributed by atoms with Crippen LogP contribution in [0.25, 0.3) is 0 Å². The molecule has 0 radical (unpaired) electrons. The molecule has 4 nitrogen and oxygen atoms in total. The van der Waals surface area contributed by atoms with Gasteiger partial charge in [0.1, 0.15) is 11.6 Å². The first-order chi connectivity index (χ1) is 9.45. The number of hydrogen-bond donors (Lipinski definition) is 2. The Morgan fingerprint density at radius 1 is 1.65 bits per heavy atom. The molecule has 2 rings (SSSR count). The van der Waals surface area contributed by atoms with Crippen LogP contribution in [0.4, 0.5) is 4.39 Å². The summed E-state index contributed by atoms with van der Waals surface area (Å²) in [6.45, 7) is 4.38. The van der Waals surface area contributed by atoms with Crippen molar-refractivity contribution in [3.8, 4) is 5.75 Å². The minimum Gasteiger partial charge on any atom is -0.493 e. The fraction of sp³-hybridized carbons (Fsp3) is 0.500. The SMILES string of the molecule is CCOc1c(C(C)N)cc(Cl)c(F)c1[C@@H]1CNC(=O)C1. The predicted octanol–water partition coefficient (Wildman–Crippen LogP) is 2.50. The van der Waals surface area contributed by atoms with Crippen LogP contribution in [0.2, 0.25) is 5.02 Å². The minimum atomic E-state index is -0.527. The fourth-order valence-electron chi connectivity index (χ4n) is 2.47. The molecule has 0 aliphatic carbocycles. The smallest absolute Gasteiger partial charge is 0.220 e. The third-order valence-electron chi connectivity index (χ3n) is 3.40. The number of nitrogens with one attached hydrogen (secondary N) is 1. The average Bonchev–Trinajstić information content (AvgIpc) is 2.80. The third kappa shape index (κ3) is 2.74. The van der Waals surface area contributed by atoms with E-state index in [9.17, 15) is 9.18 Å². The zero-order valence-electron chi connectivity index (χ0n) is 11.5. The highest BCUT2D eigenvalue weighted by Crippen LogP contribution is 2.41. The lowest BCUT2D eigenvalue weighted by molar-refractivity contribution is -0.119. The van der Waals surface area contributed by atoms with Crippen LogP contribution >= 0.6 is 11.6 Å². The van der Waals surface area contributed by atoms with Gasteiger partial charge in [0.25, 0.3) is 0 Å². The van der Waals surface area contributed by atoms with Crippen molar-refractivity contribution < 1.29 is 13.9 Å². The van der Waals surface area contributed by atoms with Crippen molar-refractivity contribution in [2.75, 3.05) is 13.2 Å². The number of benzene rings is 1. The van der Waals surface area contributed by atoms with Gasteiger partial charge in [0.2, 0.25) is 5.91 Å². The van der Waals surface area contributed by atoms with Gasteiger partial charge in [-0.1, -0.05) is 11.6 Å². The van der Waals surface area contributed by atoms with Crippen LogP contribution in [0.1, 0.15) is 43.4 Å². The molecule has 2 atom stereocenters. The lowest BCUT2D eigenvalue weighted by Gasteiger charge is -2.21. The monoisotopic (exact) mass is 300 g/mol. The molecule has 1 aromatic rings. The quantitative estimate of drug-likeness (QED) is 0.898. The summed E-state index contributed by atoms with van der Waals surface area (Å²) in [5.74, 6) is -0.480. The molecule has 20 heavy (non-hydrogen) atoms. The average molecular weight is 301 g/mol. The second-order valence-corrected chi connectivity index (χ2v) is 5.34. The van der Waals surface area contributed by atoms with Crippen LogP contribution in [0.3, 0.4) is 0 Å². The molecule has 1 aliphatic rings. The Labute approximate surface area is 122 Å². The van der Waals surface area contributed by atoms with Crippen molar-refractivity contribution in [2.45, 2.75) is 32.2 Å². The van der Waals surface area contributed by atoms with E-state index in [1.807, 2.05) is 6.92 Å². The Bertz CT molecular complexity index is 534. The molecule has 0 aromatic heterocycles. The first-order valence-electron chi connectivity index (χ1n) is 6.62. The van der Waals surface area contributed by atoms with Gasteiger partial charge < -0.3 is 15.8 Å². The molecule has 0 bridgehead atoms. The first kappa shape index (κ1) is 15.1. The zero-order valence-corrected chi connectivity index (χ0v) is 12.3. The van der Waals surface area contributed by atoms with Crippen LogP contribution in [0.5, 0.6) is 5.75 Å². The first-order valence-corrected chi connectivity index (χ1v) is 7.00. The number of carbonyl (C=O) groups excluding carboxylic acids is 1. The van der Waals surface area contributed by atoms with Crippen molar-refractivity contribution in [3.63, 3.8) is 0 Å². The van der Waals surface area contributed by atoms with Crippen LogP contribution in [0, 0.1) is 5.82 Å². The van der Waals surface area contributed by atoms with Crippen LogP contribution in [-0.2, 0) is 4.79 Å². The maximum atomic E-state index is 14.4. The molecular weight excluding hydrogens is 283 g/mol. The molecule has 0 spiro atoms. The lowest BCUT2D eigenvalue weighted by Crippen LogP contribution is -2.16. The number of carbonyl (C=O) groups is 1. The summed E-state index contributed by atoms with van der Waals surface area (Å²) >= 11 is 5.96.